The quantitative estimate of drug-likeness (QED) is 0.811. The van der Waals surface area contributed by atoms with Gasteiger partial charge in [0.25, 0.3) is 0 Å². The molecule has 0 aliphatic rings. The van der Waals surface area contributed by atoms with E-state index in [1.165, 1.54) is 4.70 Å². The van der Waals surface area contributed by atoms with Crippen LogP contribution in [-0.4, -0.2) is 11.5 Å². The van der Waals surface area contributed by atoms with Gasteiger partial charge in [-0.25, -0.2) is 4.98 Å². The van der Waals surface area contributed by atoms with Crippen molar-refractivity contribution in [3.63, 3.8) is 0 Å². The van der Waals surface area contributed by atoms with Crippen LogP contribution in [0.5, 0.6) is 0 Å². The minimum Gasteiger partial charge on any atom is -0.357 e. The summed E-state index contributed by atoms with van der Waals surface area (Å²) in [5.74, 6) is 0. The lowest BCUT2D eigenvalue weighted by molar-refractivity contribution is -0.366. The summed E-state index contributed by atoms with van der Waals surface area (Å²) < 4.78 is 1.20. The summed E-state index contributed by atoms with van der Waals surface area (Å²) in [7, 11) is 0. The first kappa shape index (κ1) is 8.94. The third kappa shape index (κ3) is 1.82. The number of nitrogens with zero attached hydrogens (tertiary/aromatic N) is 1. The van der Waals surface area contributed by atoms with Gasteiger partial charge in [0.05, 0.1) is 21.8 Å². The van der Waals surface area contributed by atoms with E-state index < -0.39 is 0 Å². The highest BCUT2D eigenvalue weighted by atomic mass is 35.5. The number of benzene rings is 1. The minimum atomic E-state index is 0.749. The minimum absolute atomic E-state index is 0.749. The van der Waals surface area contributed by atoms with E-state index in [0.29, 0.717) is 0 Å². The van der Waals surface area contributed by atoms with Crippen LogP contribution in [0.2, 0.25) is 5.02 Å². The molecule has 0 unspecified atom stereocenters. The summed E-state index contributed by atoms with van der Waals surface area (Å²) in [6, 6.07) is 5.82. The molecule has 2 nitrogen and oxygen atoms in total. The number of hydrogen-bond acceptors (Lipinski definition) is 2. The second-order valence-electron chi connectivity index (χ2n) is 2.82. The molecular weight excluding hydrogens is 204 g/mol. The molecule has 0 saturated carbocycles. The van der Waals surface area contributed by atoms with Crippen molar-refractivity contribution >= 4 is 33.2 Å². The van der Waals surface area contributed by atoms with Gasteiger partial charge >= 0.3 is 0 Å². The number of halogens is 1. The highest BCUT2D eigenvalue weighted by Crippen LogP contribution is 2.24. The van der Waals surface area contributed by atoms with Crippen molar-refractivity contribution in [3.05, 3.63) is 28.2 Å². The highest BCUT2D eigenvalue weighted by Gasteiger charge is 2.03. The Morgan fingerprint density at radius 1 is 1.46 bits per heavy atom. The van der Waals surface area contributed by atoms with Crippen molar-refractivity contribution in [1.82, 2.24) is 4.98 Å². The molecule has 0 bridgehead atoms. The smallest absolute Gasteiger partial charge is 0.0994 e. The molecule has 1 aromatic carbocycles. The van der Waals surface area contributed by atoms with E-state index in [4.69, 9.17) is 11.6 Å². The molecule has 0 aliphatic carbocycles. The largest absolute Gasteiger partial charge is 0.357 e. The van der Waals surface area contributed by atoms with Crippen LogP contribution in [-0.2, 0) is 6.42 Å². The van der Waals surface area contributed by atoms with E-state index in [1.54, 1.807) is 11.3 Å². The maximum atomic E-state index is 5.86. The fourth-order valence-corrected chi connectivity index (χ4v) is 2.36. The molecule has 0 fully saturated rings. The molecule has 0 aliphatic heterocycles. The predicted molar refractivity (Wildman–Crippen MR) is 56.1 cm³/mol. The molecule has 3 N–H and O–H groups in total. The Morgan fingerprint density at radius 3 is 3.08 bits per heavy atom. The molecule has 0 saturated heterocycles. The molecule has 68 valence electrons. The van der Waals surface area contributed by atoms with E-state index in [9.17, 15) is 0 Å². The van der Waals surface area contributed by atoms with Gasteiger partial charge in [-0.05, 0) is 18.2 Å². The zero-order valence-corrected chi connectivity index (χ0v) is 8.66. The fraction of sp³-hybridized carbons (Fsp3) is 0.222. The van der Waals surface area contributed by atoms with Gasteiger partial charge in [-0.2, -0.15) is 0 Å². The number of aromatic nitrogens is 1. The molecule has 0 spiro atoms. The Balaban J connectivity index is 2.49. The van der Waals surface area contributed by atoms with E-state index in [-0.39, 0.29) is 0 Å². The lowest BCUT2D eigenvalue weighted by Gasteiger charge is -1.86. The monoisotopic (exact) mass is 213 g/mol. The predicted octanol–water partition coefficient (Wildman–Crippen LogP) is 1.73. The molecule has 4 heteroatoms. The number of hydrogen-bond donors (Lipinski definition) is 1. The molecule has 13 heavy (non-hydrogen) atoms. The number of fused-ring (bicyclic) bond motifs is 1. The Bertz CT molecular complexity index is 424. The summed E-state index contributed by atoms with van der Waals surface area (Å²) >= 11 is 7.58. The SMILES string of the molecule is [NH3+]CCc1nc2cc(Cl)ccc2s1. The lowest BCUT2D eigenvalue weighted by atomic mass is 10.3. The van der Waals surface area contributed by atoms with Gasteiger partial charge in [0.15, 0.2) is 0 Å². The van der Waals surface area contributed by atoms with Crippen LogP contribution >= 0.6 is 22.9 Å². The molecule has 1 heterocycles. The van der Waals surface area contributed by atoms with Crippen LogP contribution in [0.4, 0.5) is 0 Å². The van der Waals surface area contributed by atoms with E-state index in [2.05, 4.69) is 10.7 Å². The number of thiazole rings is 1. The van der Waals surface area contributed by atoms with E-state index in [0.717, 1.165) is 28.5 Å². The maximum Gasteiger partial charge on any atom is 0.0994 e. The molecule has 2 aromatic rings. The van der Waals surface area contributed by atoms with Gasteiger partial charge < -0.3 is 5.73 Å². The third-order valence-electron chi connectivity index (χ3n) is 1.78. The standard InChI is InChI=1S/C9H9ClN2S/c10-6-1-2-8-7(5-6)12-9(13-8)3-4-11/h1-2,5H,3-4,11H2/p+1. The second-order valence-corrected chi connectivity index (χ2v) is 4.37. The van der Waals surface area contributed by atoms with Crippen LogP contribution in [0, 0.1) is 0 Å². The van der Waals surface area contributed by atoms with Crippen molar-refractivity contribution in [2.75, 3.05) is 6.54 Å². The Morgan fingerprint density at radius 2 is 2.31 bits per heavy atom. The van der Waals surface area contributed by atoms with Crippen molar-refractivity contribution in [2.45, 2.75) is 6.42 Å². The van der Waals surface area contributed by atoms with Crippen molar-refractivity contribution < 1.29 is 5.73 Å². The van der Waals surface area contributed by atoms with E-state index >= 15 is 0 Å². The second kappa shape index (κ2) is 3.62. The van der Waals surface area contributed by atoms with Gasteiger partial charge in [-0.1, -0.05) is 11.6 Å². The Hall–Kier alpha value is -0.640. The third-order valence-corrected chi connectivity index (χ3v) is 3.12. The van der Waals surface area contributed by atoms with Gasteiger partial charge in [0.2, 0.25) is 0 Å². The van der Waals surface area contributed by atoms with E-state index in [1.807, 2.05) is 18.2 Å². The summed E-state index contributed by atoms with van der Waals surface area (Å²) in [5.41, 5.74) is 4.81. The van der Waals surface area contributed by atoms with Gasteiger partial charge in [0.1, 0.15) is 0 Å². The van der Waals surface area contributed by atoms with Gasteiger partial charge in [0, 0.05) is 11.4 Å². The van der Waals surface area contributed by atoms with Crippen molar-refractivity contribution in [1.29, 1.82) is 0 Å². The first-order valence-electron chi connectivity index (χ1n) is 4.14. The van der Waals surface area contributed by atoms with Crippen LogP contribution in [0.1, 0.15) is 5.01 Å². The summed E-state index contributed by atoms with van der Waals surface area (Å²) in [6.07, 6.45) is 0.955. The molecule has 0 radical (unpaired) electrons. The van der Waals surface area contributed by atoms with Crippen LogP contribution in [0.15, 0.2) is 18.2 Å². The average Bonchev–Trinajstić information content (AvgIpc) is 2.46. The fourth-order valence-electron chi connectivity index (χ4n) is 1.21. The van der Waals surface area contributed by atoms with Crippen molar-refractivity contribution in [3.8, 4) is 0 Å². The first-order chi connectivity index (χ1) is 6.29. The van der Waals surface area contributed by atoms with Gasteiger partial charge in [-0.15, -0.1) is 11.3 Å². The molecular formula is C9H10ClN2S+. The Labute approximate surface area is 85.3 Å². The normalized spacial score (nSPS) is 10.9. The zero-order chi connectivity index (χ0) is 9.26. The molecule has 1 aromatic heterocycles. The average molecular weight is 214 g/mol. The Kier molecular flexibility index (Phi) is 2.49. The first-order valence-corrected chi connectivity index (χ1v) is 5.33. The lowest BCUT2D eigenvalue weighted by Crippen LogP contribution is -2.51. The molecule has 2 rings (SSSR count). The van der Waals surface area contributed by atoms with Crippen LogP contribution < -0.4 is 5.73 Å². The maximum absolute atomic E-state index is 5.86. The molecule has 0 amide bonds. The summed E-state index contributed by atoms with van der Waals surface area (Å²) in [5, 5.41) is 1.89. The zero-order valence-electron chi connectivity index (χ0n) is 7.09. The van der Waals surface area contributed by atoms with Gasteiger partial charge in [-0.3, -0.25) is 0 Å². The number of quaternary nitrogens is 1. The molecule has 0 atom stereocenters. The van der Waals surface area contributed by atoms with Crippen LogP contribution in [0.25, 0.3) is 10.2 Å². The summed E-state index contributed by atoms with van der Waals surface area (Å²) in [4.78, 5) is 4.46. The van der Waals surface area contributed by atoms with Crippen molar-refractivity contribution in [2.24, 2.45) is 0 Å². The summed E-state index contributed by atoms with van der Waals surface area (Å²) in [6.45, 7) is 0.896. The topological polar surface area (TPSA) is 40.5 Å². The highest BCUT2D eigenvalue weighted by molar-refractivity contribution is 7.18. The number of rotatable bonds is 2. The van der Waals surface area contributed by atoms with Crippen LogP contribution in [0.3, 0.4) is 0 Å².